The van der Waals surface area contributed by atoms with Crippen molar-refractivity contribution in [2.75, 3.05) is 6.61 Å². The normalized spacial score (nSPS) is 13.2. The van der Waals surface area contributed by atoms with Crippen LogP contribution in [0.3, 0.4) is 0 Å². The molecule has 0 saturated heterocycles. The van der Waals surface area contributed by atoms with Crippen LogP contribution in [0.2, 0.25) is 0 Å². The number of unbranched alkanes of at least 4 members (excludes halogenated alkanes) is 38. The van der Waals surface area contributed by atoms with Crippen LogP contribution in [0.5, 0.6) is 0 Å². The average molecular weight is 931 g/mol. The number of hydrogen-bond acceptors (Lipinski definition) is 5. The summed E-state index contributed by atoms with van der Waals surface area (Å²) in [4.78, 5) is 26.3. The van der Waals surface area contributed by atoms with Crippen LogP contribution in [-0.2, 0) is 14.3 Å². The molecule has 66 heavy (non-hydrogen) atoms. The molecule has 1 amide bonds. The van der Waals surface area contributed by atoms with Crippen molar-refractivity contribution in [2.24, 2.45) is 0 Å². The number of aliphatic hydroxyl groups excluding tert-OH is 2. The summed E-state index contributed by atoms with van der Waals surface area (Å²) in [5, 5.41) is 23.8. The minimum absolute atomic E-state index is 0.0786. The first-order valence-electron chi connectivity index (χ1n) is 29.6. The third-order valence-electron chi connectivity index (χ3n) is 13.8. The Labute approximate surface area is 411 Å². The Balaban J connectivity index is 4.51. The predicted molar refractivity (Wildman–Crippen MR) is 287 cm³/mol. The van der Waals surface area contributed by atoms with Gasteiger partial charge in [0.1, 0.15) is 6.10 Å². The van der Waals surface area contributed by atoms with Gasteiger partial charge in [-0.15, -0.1) is 0 Å². The van der Waals surface area contributed by atoms with Crippen LogP contribution < -0.4 is 5.32 Å². The fourth-order valence-corrected chi connectivity index (χ4v) is 9.25. The molecule has 0 spiro atoms. The van der Waals surface area contributed by atoms with Gasteiger partial charge in [0, 0.05) is 6.42 Å². The van der Waals surface area contributed by atoms with Crippen molar-refractivity contribution in [1.29, 1.82) is 0 Å². The lowest BCUT2D eigenvalue weighted by molar-refractivity contribution is -0.151. The lowest BCUT2D eigenvalue weighted by Gasteiger charge is -2.24. The summed E-state index contributed by atoms with van der Waals surface area (Å²) in [6.07, 6.45) is 63.9. The number of allylic oxidation sites excluding steroid dienone is 4. The van der Waals surface area contributed by atoms with Gasteiger partial charge in [0.05, 0.1) is 25.2 Å². The van der Waals surface area contributed by atoms with Crippen LogP contribution in [0, 0.1) is 0 Å². The standard InChI is InChI=1S/C60H115NO5/c1-4-7-10-13-16-19-22-24-26-28-29-31-33-35-38-41-44-47-50-53-60(65)66-56(51-48-45-42-39-37-34-32-30-27-25-23-20-17-14-11-8-5-2)54-59(64)61-57(55-62)58(63)52-49-46-43-40-36-21-18-15-12-9-6-3/h24-27,56-58,62-63H,4-23,28-55H2,1-3H3,(H,61,64)/b26-24+,27-25+. The van der Waals surface area contributed by atoms with E-state index in [1.54, 1.807) is 0 Å². The topological polar surface area (TPSA) is 95.9 Å². The van der Waals surface area contributed by atoms with Crippen molar-refractivity contribution in [1.82, 2.24) is 5.32 Å². The summed E-state index contributed by atoms with van der Waals surface area (Å²) >= 11 is 0. The van der Waals surface area contributed by atoms with Gasteiger partial charge in [-0.2, -0.15) is 0 Å². The maximum atomic E-state index is 13.3. The molecule has 6 heteroatoms. The van der Waals surface area contributed by atoms with Crippen LogP contribution in [0.4, 0.5) is 0 Å². The molecule has 0 bridgehead atoms. The molecule has 3 atom stereocenters. The van der Waals surface area contributed by atoms with Crippen LogP contribution >= 0.6 is 0 Å². The van der Waals surface area contributed by atoms with Gasteiger partial charge in [0.2, 0.25) is 5.91 Å². The van der Waals surface area contributed by atoms with Crippen molar-refractivity contribution in [3.05, 3.63) is 24.3 Å². The van der Waals surface area contributed by atoms with Crippen molar-refractivity contribution >= 4 is 11.9 Å². The van der Waals surface area contributed by atoms with E-state index in [0.717, 1.165) is 51.4 Å². The zero-order valence-corrected chi connectivity index (χ0v) is 44.6. The number of ether oxygens (including phenoxy) is 1. The van der Waals surface area contributed by atoms with Crippen molar-refractivity contribution in [2.45, 2.75) is 341 Å². The number of carbonyl (C=O) groups excluding carboxylic acids is 2. The van der Waals surface area contributed by atoms with Crippen LogP contribution in [0.25, 0.3) is 0 Å². The minimum Gasteiger partial charge on any atom is -0.462 e. The number of aliphatic hydroxyl groups is 2. The molecule has 0 aliphatic rings. The Hall–Kier alpha value is -1.66. The van der Waals surface area contributed by atoms with E-state index in [0.29, 0.717) is 19.3 Å². The molecule has 0 aromatic heterocycles. The number of nitrogens with one attached hydrogen (secondary N) is 1. The molecular formula is C60H115NO5. The Kier molecular flexibility index (Phi) is 52.9. The third kappa shape index (κ3) is 48.8. The monoisotopic (exact) mass is 930 g/mol. The number of rotatable bonds is 54. The van der Waals surface area contributed by atoms with E-state index in [1.807, 2.05) is 0 Å². The van der Waals surface area contributed by atoms with Gasteiger partial charge in [-0.05, 0) is 77.0 Å². The Bertz CT molecular complexity index is 1040. The molecule has 390 valence electrons. The first-order valence-corrected chi connectivity index (χ1v) is 29.6. The SMILES string of the molecule is CCCCCCCC/C=C/CCCCCCCCCCCC(=O)OC(CCCCCCCCC/C=C/CCCCCCCC)CC(=O)NC(CO)C(O)CCCCCCCCCCCCC. The molecule has 0 saturated carbocycles. The maximum Gasteiger partial charge on any atom is 0.306 e. The fourth-order valence-electron chi connectivity index (χ4n) is 9.25. The smallest absolute Gasteiger partial charge is 0.306 e. The molecule has 0 radical (unpaired) electrons. The second-order valence-corrected chi connectivity index (χ2v) is 20.4. The molecule has 0 aromatic rings. The van der Waals surface area contributed by atoms with Crippen LogP contribution in [0.1, 0.15) is 323 Å². The quantitative estimate of drug-likeness (QED) is 0.0321. The van der Waals surface area contributed by atoms with E-state index in [1.165, 1.54) is 225 Å². The molecular weight excluding hydrogens is 815 g/mol. The summed E-state index contributed by atoms with van der Waals surface area (Å²) < 4.78 is 5.97. The van der Waals surface area contributed by atoms with Crippen LogP contribution in [-0.4, -0.2) is 46.9 Å². The summed E-state index contributed by atoms with van der Waals surface area (Å²) in [6.45, 7) is 6.50. The highest BCUT2D eigenvalue weighted by molar-refractivity contribution is 5.77. The zero-order valence-electron chi connectivity index (χ0n) is 44.6. The van der Waals surface area contributed by atoms with Gasteiger partial charge in [0.15, 0.2) is 0 Å². The van der Waals surface area contributed by atoms with Crippen molar-refractivity contribution < 1.29 is 24.5 Å². The molecule has 6 nitrogen and oxygen atoms in total. The molecule has 3 unspecified atom stereocenters. The summed E-state index contributed by atoms with van der Waals surface area (Å²) in [5.41, 5.74) is 0. The van der Waals surface area contributed by atoms with E-state index in [2.05, 4.69) is 50.4 Å². The van der Waals surface area contributed by atoms with E-state index >= 15 is 0 Å². The van der Waals surface area contributed by atoms with E-state index in [-0.39, 0.29) is 24.9 Å². The average Bonchev–Trinajstić information content (AvgIpc) is 3.31. The maximum absolute atomic E-state index is 13.3. The van der Waals surface area contributed by atoms with Gasteiger partial charge in [-0.25, -0.2) is 0 Å². The van der Waals surface area contributed by atoms with Gasteiger partial charge < -0.3 is 20.3 Å². The largest absolute Gasteiger partial charge is 0.462 e. The van der Waals surface area contributed by atoms with Gasteiger partial charge >= 0.3 is 5.97 Å². The van der Waals surface area contributed by atoms with Gasteiger partial charge in [-0.3, -0.25) is 9.59 Å². The molecule has 0 aromatic carbocycles. The molecule has 0 fully saturated rings. The minimum atomic E-state index is -0.786. The lowest BCUT2D eigenvalue weighted by atomic mass is 10.0. The molecule has 0 aliphatic heterocycles. The fraction of sp³-hybridized carbons (Fsp3) is 0.900. The molecule has 0 aliphatic carbocycles. The predicted octanol–water partition coefficient (Wildman–Crippen LogP) is 18.2. The highest BCUT2D eigenvalue weighted by Gasteiger charge is 2.24. The summed E-state index contributed by atoms with van der Waals surface area (Å²) in [7, 11) is 0. The number of hydrogen-bond donors (Lipinski definition) is 3. The Morgan fingerprint density at radius 1 is 0.424 bits per heavy atom. The number of carbonyl (C=O) groups is 2. The summed E-state index contributed by atoms with van der Waals surface area (Å²) in [6, 6.07) is -0.700. The highest BCUT2D eigenvalue weighted by Crippen LogP contribution is 2.19. The van der Waals surface area contributed by atoms with E-state index < -0.39 is 18.2 Å². The van der Waals surface area contributed by atoms with E-state index in [4.69, 9.17) is 4.74 Å². The Morgan fingerprint density at radius 3 is 1.08 bits per heavy atom. The Morgan fingerprint density at radius 2 is 0.727 bits per heavy atom. The number of amides is 1. The van der Waals surface area contributed by atoms with Gasteiger partial charge in [-0.1, -0.05) is 257 Å². The first-order chi connectivity index (χ1) is 32.5. The molecule has 3 N–H and O–H groups in total. The van der Waals surface area contributed by atoms with E-state index in [9.17, 15) is 19.8 Å². The molecule has 0 heterocycles. The van der Waals surface area contributed by atoms with Crippen LogP contribution in [0.15, 0.2) is 24.3 Å². The van der Waals surface area contributed by atoms with Crippen molar-refractivity contribution in [3.8, 4) is 0 Å². The number of esters is 1. The zero-order chi connectivity index (χ0) is 48.1. The second kappa shape index (κ2) is 54.3. The second-order valence-electron chi connectivity index (χ2n) is 20.4. The van der Waals surface area contributed by atoms with Crippen molar-refractivity contribution in [3.63, 3.8) is 0 Å². The molecule has 0 rings (SSSR count). The lowest BCUT2D eigenvalue weighted by Crippen LogP contribution is -2.46. The summed E-state index contributed by atoms with van der Waals surface area (Å²) in [5.74, 6) is -0.462. The third-order valence-corrected chi connectivity index (χ3v) is 13.8. The first kappa shape index (κ1) is 64.3. The highest BCUT2D eigenvalue weighted by atomic mass is 16.5. The van der Waals surface area contributed by atoms with Gasteiger partial charge in [0.25, 0.3) is 0 Å².